The molecule has 1 rings (SSSR count). The smallest absolute Gasteiger partial charge is 0.241 e. The van der Waals surface area contributed by atoms with Crippen molar-refractivity contribution in [3.63, 3.8) is 0 Å². The van der Waals surface area contributed by atoms with E-state index in [9.17, 15) is 8.42 Å². The zero-order chi connectivity index (χ0) is 14.3. The summed E-state index contributed by atoms with van der Waals surface area (Å²) in [6, 6.07) is 4.91. The van der Waals surface area contributed by atoms with Crippen LogP contribution in [0.4, 0.5) is 0 Å². The Bertz CT molecular complexity index is 532. The fourth-order valence-electron chi connectivity index (χ4n) is 1.29. The summed E-state index contributed by atoms with van der Waals surface area (Å²) in [7, 11) is -3.52. The number of ether oxygens (including phenoxy) is 1. The number of hydrogen-bond donors (Lipinski definition) is 1. The van der Waals surface area contributed by atoms with E-state index >= 15 is 0 Å². The van der Waals surface area contributed by atoms with Crippen molar-refractivity contribution in [3.05, 3.63) is 39.8 Å². The normalized spacial score (nSPS) is 11.5. The zero-order valence-corrected chi connectivity index (χ0v) is 14.2. The van der Waals surface area contributed by atoms with Crippen molar-refractivity contribution < 1.29 is 13.2 Å². The summed E-state index contributed by atoms with van der Waals surface area (Å²) < 4.78 is 33.1. The number of rotatable bonds is 8. The third kappa shape index (κ3) is 5.74. The third-order valence-corrected chi connectivity index (χ3v) is 5.12. The minimum atomic E-state index is -3.52. The molecule has 1 aromatic rings. The fraction of sp³-hybridized carbons (Fsp3) is 0.333. The van der Waals surface area contributed by atoms with Gasteiger partial charge in [-0.05, 0) is 40.5 Å². The highest BCUT2D eigenvalue weighted by Gasteiger charge is 2.16. The molecule has 0 fully saturated rings. The van der Waals surface area contributed by atoms with E-state index in [-0.39, 0.29) is 11.4 Å². The summed E-state index contributed by atoms with van der Waals surface area (Å²) >= 11 is 6.51. The van der Waals surface area contributed by atoms with E-state index in [1.165, 1.54) is 6.07 Å². The molecule has 0 aliphatic heterocycles. The van der Waals surface area contributed by atoms with Crippen molar-refractivity contribution in [1.29, 1.82) is 0 Å². The van der Waals surface area contributed by atoms with Gasteiger partial charge < -0.3 is 4.74 Å². The minimum Gasteiger partial charge on any atom is -0.380 e. The quantitative estimate of drug-likeness (QED) is 0.527. The largest absolute Gasteiger partial charge is 0.380 e. The molecule has 0 spiro atoms. The highest BCUT2D eigenvalue weighted by Crippen LogP contribution is 2.25. The molecule has 7 heteroatoms. The lowest BCUT2D eigenvalue weighted by Crippen LogP contribution is -2.27. The van der Waals surface area contributed by atoms with Crippen LogP contribution in [0.2, 0.25) is 0 Å². The molecular formula is C12H15Br2NO3S. The van der Waals surface area contributed by atoms with Gasteiger partial charge in [-0.1, -0.05) is 22.0 Å². The molecule has 4 nitrogen and oxygen atoms in total. The van der Waals surface area contributed by atoms with Crippen LogP contribution >= 0.6 is 31.9 Å². The first-order valence-corrected chi connectivity index (χ1v) is 8.67. The van der Waals surface area contributed by atoms with Gasteiger partial charge in [-0.3, -0.25) is 0 Å². The molecule has 0 heterocycles. The Balaban J connectivity index is 2.54. The van der Waals surface area contributed by atoms with Crippen LogP contribution in [0, 0.1) is 0 Å². The lowest BCUT2D eigenvalue weighted by Gasteiger charge is -2.09. The Morgan fingerprint density at radius 2 is 2.05 bits per heavy atom. The number of nitrogens with one attached hydrogen (secondary N) is 1. The summed E-state index contributed by atoms with van der Waals surface area (Å²) in [6.45, 7) is 4.70. The summed E-state index contributed by atoms with van der Waals surface area (Å²) in [5, 5.41) is 0. The Kier molecular flexibility index (Phi) is 7.23. The predicted octanol–water partition coefficient (Wildman–Crippen LogP) is 3.08. The molecule has 1 aromatic carbocycles. The van der Waals surface area contributed by atoms with Crippen LogP contribution in [0.3, 0.4) is 0 Å². The minimum absolute atomic E-state index is 0.210. The van der Waals surface area contributed by atoms with Gasteiger partial charge in [0.1, 0.15) is 0 Å². The topological polar surface area (TPSA) is 55.4 Å². The number of halogens is 2. The summed E-state index contributed by atoms with van der Waals surface area (Å²) in [4.78, 5) is 0.210. The lowest BCUT2D eigenvalue weighted by atomic mass is 10.4. The van der Waals surface area contributed by atoms with Gasteiger partial charge in [0.05, 0.1) is 18.1 Å². The molecule has 19 heavy (non-hydrogen) atoms. The average Bonchev–Trinajstić information content (AvgIpc) is 2.33. The Hall–Kier alpha value is -0.210. The molecule has 0 aromatic heterocycles. The molecule has 0 amide bonds. The second-order valence-electron chi connectivity index (χ2n) is 3.66. The SMILES string of the molecule is C=CCCOCCNS(=O)(=O)c1ccc(Br)cc1Br. The molecular weight excluding hydrogens is 398 g/mol. The first-order chi connectivity index (χ1) is 8.97. The van der Waals surface area contributed by atoms with Gasteiger partial charge in [-0.15, -0.1) is 6.58 Å². The maximum atomic E-state index is 12.0. The van der Waals surface area contributed by atoms with Crippen LogP contribution in [-0.2, 0) is 14.8 Å². The zero-order valence-electron chi connectivity index (χ0n) is 10.2. The fourth-order valence-corrected chi connectivity index (χ4v) is 4.04. The molecule has 0 atom stereocenters. The van der Waals surface area contributed by atoms with Crippen molar-refractivity contribution >= 4 is 41.9 Å². The Morgan fingerprint density at radius 1 is 1.32 bits per heavy atom. The molecule has 0 aliphatic rings. The molecule has 1 N–H and O–H groups in total. The van der Waals surface area contributed by atoms with E-state index in [1.54, 1.807) is 18.2 Å². The van der Waals surface area contributed by atoms with Crippen LogP contribution in [-0.4, -0.2) is 28.2 Å². The Labute approximate surface area is 130 Å². The first-order valence-electron chi connectivity index (χ1n) is 5.60. The van der Waals surface area contributed by atoms with Gasteiger partial charge >= 0.3 is 0 Å². The summed E-state index contributed by atoms with van der Waals surface area (Å²) in [5.41, 5.74) is 0. The second kappa shape index (κ2) is 8.16. The van der Waals surface area contributed by atoms with Crippen molar-refractivity contribution in [2.24, 2.45) is 0 Å². The highest BCUT2D eigenvalue weighted by molar-refractivity contribution is 9.11. The van der Waals surface area contributed by atoms with E-state index < -0.39 is 10.0 Å². The van der Waals surface area contributed by atoms with Crippen molar-refractivity contribution in [3.8, 4) is 0 Å². The van der Waals surface area contributed by atoms with Crippen molar-refractivity contribution in [2.45, 2.75) is 11.3 Å². The van der Waals surface area contributed by atoms with Crippen LogP contribution in [0.1, 0.15) is 6.42 Å². The highest BCUT2D eigenvalue weighted by atomic mass is 79.9. The van der Waals surface area contributed by atoms with Crippen LogP contribution < -0.4 is 4.72 Å². The molecule has 0 unspecified atom stereocenters. The van der Waals surface area contributed by atoms with Crippen molar-refractivity contribution in [1.82, 2.24) is 4.72 Å². The number of hydrogen-bond acceptors (Lipinski definition) is 3. The molecule has 0 aliphatic carbocycles. The molecule has 0 saturated carbocycles. The molecule has 0 radical (unpaired) electrons. The molecule has 106 valence electrons. The molecule has 0 saturated heterocycles. The second-order valence-corrected chi connectivity index (χ2v) is 7.17. The van der Waals surface area contributed by atoms with E-state index in [4.69, 9.17) is 4.74 Å². The monoisotopic (exact) mass is 411 g/mol. The van der Waals surface area contributed by atoms with Gasteiger partial charge in [0.2, 0.25) is 10.0 Å². The van der Waals surface area contributed by atoms with E-state index in [2.05, 4.69) is 43.2 Å². The first kappa shape index (κ1) is 16.8. The maximum Gasteiger partial charge on any atom is 0.241 e. The van der Waals surface area contributed by atoms with Gasteiger partial charge in [0, 0.05) is 15.5 Å². The Morgan fingerprint density at radius 3 is 2.68 bits per heavy atom. The standard InChI is InChI=1S/C12H15Br2NO3S/c1-2-3-7-18-8-6-15-19(16,17)12-5-4-10(13)9-11(12)14/h2,4-5,9,15H,1,3,6-8H2. The van der Waals surface area contributed by atoms with Crippen LogP contribution in [0.25, 0.3) is 0 Å². The maximum absolute atomic E-state index is 12.0. The number of benzene rings is 1. The average molecular weight is 413 g/mol. The lowest BCUT2D eigenvalue weighted by molar-refractivity contribution is 0.144. The van der Waals surface area contributed by atoms with Crippen molar-refractivity contribution in [2.75, 3.05) is 19.8 Å². The summed E-state index contributed by atoms with van der Waals surface area (Å²) in [5.74, 6) is 0. The van der Waals surface area contributed by atoms with Gasteiger partial charge in [-0.2, -0.15) is 0 Å². The van der Waals surface area contributed by atoms with Gasteiger partial charge in [0.25, 0.3) is 0 Å². The van der Waals surface area contributed by atoms with Gasteiger partial charge in [-0.25, -0.2) is 13.1 Å². The van der Waals surface area contributed by atoms with Gasteiger partial charge in [0.15, 0.2) is 0 Å². The van der Waals surface area contributed by atoms with E-state index in [0.29, 0.717) is 17.7 Å². The predicted molar refractivity (Wildman–Crippen MR) is 82.7 cm³/mol. The summed E-state index contributed by atoms with van der Waals surface area (Å²) in [6.07, 6.45) is 2.51. The number of sulfonamides is 1. The molecule has 0 bridgehead atoms. The van der Waals surface area contributed by atoms with Crippen LogP contribution in [0.15, 0.2) is 44.7 Å². The van der Waals surface area contributed by atoms with Crippen LogP contribution in [0.5, 0.6) is 0 Å². The van der Waals surface area contributed by atoms with E-state index in [1.807, 2.05) is 0 Å². The third-order valence-electron chi connectivity index (χ3n) is 2.19. The van der Waals surface area contributed by atoms with E-state index in [0.717, 1.165) is 10.9 Å².